The van der Waals surface area contributed by atoms with Gasteiger partial charge in [0.2, 0.25) is 5.91 Å². The normalized spacial score (nSPS) is 14.0. The van der Waals surface area contributed by atoms with E-state index < -0.39 is 12.1 Å². The Morgan fingerprint density at radius 3 is 2.76 bits per heavy atom. The summed E-state index contributed by atoms with van der Waals surface area (Å²) in [4.78, 5) is 44.1. The fourth-order valence-electron chi connectivity index (χ4n) is 6.54. The second-order valence-corrected chi connectivity index (χ2v) is 12.2. The molecule has 3 amide bonds. The van der Waals surface area contributed by atoms with Crippen LogP contribution in [0.25, 0.3) is 27.9 Å². The lowest BCUT2D eigenvalue weighted by molar-refractivity contribution is -0.116. The largest absolute Gasteiger partial charge is 0.508 e. The van der Waals surface area contributed by atoms with Crippen LogP contribution in [0, 0.1) is 0 Å². The summed E-state index contributed by atoms with van der Waals surface area (Å²) in [6.07, 6.45) is 8.05. The standard InChI is InChI=1S/C37H36N8O5/c1-44-19-24(41-21-44)20-45-18-23(7-11-33(47)40-12-13-50-37(38)49)26-9-6-22(14-32(26)45)16-39-17-31-34(28-4-2-3-5-30(28)42-31)35-29-15-25(46)8-10-27(29)36(48)43-35/h2-11,14-15,18-19,21,35,39,42,46H,12-13,16-17,20H2,1H3,(H2,38,49)(H,40,47)(H,43,48). The van der Waals surface area contributed by atoms with E-state index >= 15 is 0 Å². The van der Waals surface area contributed by atoms with Crippen LogP contribution in [0.5, 0.6) is 5.75 Å². The van der Waals surface area contributed by atoms with Crippen molar-refractivity contribution < 1.29 is 24.2 Å². The summed E-state index contributed by atoms with van der Waals surface area (Å²) < 4.78 is 8.68. The number of phenolic OH excluding ortho intramolecular Hbond substituents is 1. The Morgan fingerprint density at radius 2 is 1.94 bits per heavy atom. The molecule has 0 aliphatic carbocycles. The molecule has 0 fully saturated rings. The number of H-pyrrole nitrogens is 1. The van der Waals surface area contributed by atoms with Crippen LogP contribution in [0.3, 0.4) is 0 Å². The molecule has 1 atom stereocenters. The van der Waals surface area contributed by atoms with Crippen LogP contribution in [0.15, 0.2) is 85.5 Å². The average Bonchev–Trinajstić information content (AvgIpc) is 3.85. The highest BCUT2D eigenvalue weighted by atomic mass is 16.5. The van der Waals surface area contributed by atoms with E-state index in [1.165, 1.54) is 12.1 Å². The molecule has 1 aliphatic heterocycles. The number of carbonyl (C=O) groups excluding carboxylic acids is 3. The number of para-hydroxylation sites is 1. The number of carbonyl (C=O) groups is 3. The number of aromatic hydroxyl groups is 1. The molecular formula is C37H36N8O5. The highest BCUT2D eigenvalue weighted by molar-refractivity contribution is 6.01. The summed E-state index contributed by atoms with van der Waals surface area (Å²) in [5.41, 5.74) is 13.0. The smallest absolute Gasteiger partial charge is 0.404 e. The number of phenols is 1. The van der Waals surface area contributed by atoms with Crippen LogP contribution in [0.1, 0.15) is 50.0 Å². The third-order valence-corrected chi connectivity index (χ3v) is 8.74. The van der Waals surface area contributed by atoms with Crippen LogP contribution in [0.4, 0.5) is 4.79 Å². The van der Waals surface area contributed by atoms with Crippen LogP contribution in [0.2, 0.25) is 0 Å². The number of hydrogen-bond donors (Lipinski definition) is 6. The van der Waals surface area contributed by atoms with Crippen LogP contribution in [-0.4, -0.2) is 55.3 Å². The molecule has 1 unspecified atom stereocenters. The first-order chi connectivity index (χ1) is 24.2. The SMILES string of the molecule is Cn1cnc(Cn2cc(C=CC(=O)NCCOC(N)=O)c3ccc(CNCc4[nH]c5ccccc5c4C4NC(=O)c5ccc(O)cc54)cc32)c1. The average molecular weight is 673 g/mol. The molecule has 254 valence electrons. The Hall–Kier alpha value is -6.34. The zero-order valence-electron chi connectivity index (χ0n) is 27.3. The number of aromatic nitrogens is 4. The minimum Gasteiger partial charge on any atom is -0.508 e. The summed E-state index contributed by atoms with van der Waals surface area (Å²) in [7, 11) is 1.93. The Bertz CT molecular complexity index is 2280. The Morgan fingerprint density at radius 1 is 1.08 bits per heavy atom. The highest BCUT2D eigenvalue weighted by Crippen LogP contribution is 2.38. The van der Waals surface area contributed by atoms with Gasteiger partial charge in [-0.25, -0.2) is 9.78 Å². The van der Waals surface area contributed by atoms with Crippen molar-refractivity contribution in [2.75, 3.05) is 13.2 Å². The fourth-order valence-corrected chi connectivity index (χ4v) is 6.54. The second kappa shape index (κ2) is 13.6. The van der Waals surface area contributed by atoms with Crippen molar-refractivity contribution in [2.24, 2.45) is 12.8 Å². The van der Waals surface area contributed by atoms with Crippen molar-refractivity contribution in [3.05, 3.63) is 125 Å². The number of aryl methyl sites for hydroxylation is 1. The number of amides is 3. The van der Waals surface area contributed by atoms with E-state index in [9.17, 15) is 19.5 Å². The van der Waals surface area contributed by atoms with E-state index in [0.29, 0.717) is 25.2 Å². The summed E-state index contributed by atoms with van der Waals surface area (Å²) in [6.45, 7) is 1.75. The summed E-state index contributed by atoms with van der Waals surface area (Å²) in [5, 5.41) is 21.6. The molecule has 13 heteroatoms. The molecule has 7 N–H and O–H groups in total. The minimum absolute atomic E-state index is 0.00758. The molecule has 0 saturated heterocycles. The van der Waals surface area contributed by atoms with E-state index in [2.05, 4.69) is 47.4 Å². The van der Waals surface area contributed by atoms with Gasteiger partial charge in [0.1, 0.15) is 12.4 Å². The maximum Gasteiger partial charge on any atom is 0.404 e. The molecule has 0 saturated carbocycles. The lowest BCUT2D eigenvalue weighted by atomic mass is 9.95. The molecule has 0 radical (unpaired) electrons. The predicted molar refractivity (Wildman–Crippen MR) is 188 cm³/mol. The van der Waals surface area contributed by atoms with Crippen molar-refractivity contribution in [2.45, 2.75) is 25.7 Å². The number of rotatable bonds is 12. The van der Waals surface area contributed by atoms with Gasteiger partial charge in [-0.2, -0.15) is 0 Å². The molecule has 4 heterocycles. The third-order valence-electron chi connectivity index (χ3n) is 8.74. The molecule has 6 aromatic rings. The van der Waals surface area contributed by atoms with Gasteiger partial charge in [-0.15, -0.1) is 0 Å². The number of nitrogens with zero attached hydrogens (tertiary/aromatic N) is 3. The topological polar surface area (TPSA) is 181 Å². The number of benzene rings is 3. The van der Waals surface area contributed by atoms with E-state index in [1.54, 1.807) is 24.5 Å². The summed E-state index contributed by atoms with van der Waals surface area (Å²) in [6, 6.07) is 18.7. The van der Waals surface area contributed by atoms with Crippen molar-refractivity contribution in [1.29, 1.82) is 0 Å². The Kier molecular flexibility index (Phi) is 8.79. The molecule has 13 nitrogen and oxygen atoms in total. The molecule has 1 aliphatic rings. The summed E-state index contributed by atoms with van der Waals surface area (Å²) in [5.74, 6) is -0.374. The maximum atomic E-state index is 12.9. The zero-order chi connectivity index (χ0) is 34.8. The molecular weight excluding hydrogens is 636 g/mol. The lowest BCUT2D eigenvalue weighted by Gasteiger charge is -2.15. The van der Waals surface area contributed by atoms with Gasteiger partial charge in [0.05, 0.1) is 31.2 Å². The number of aromatic amines is 1. The first kappa shape index (κ1) is 32.2. The van der Waals surface area contributed by atoms with Gasteiger partial charge in [0.25, 0.3) is 5.91 Å². The van der Waals surface area contributed by atoms with Crippen LogP contribution < -0.4 is 21.7 Å². The maximum absolute atomic E-state index is 12.9. The number of hydrogen-bond acceptors (Lipinski definition) is 7. The Labute approximate surface area is 286 Å². The van der Waals surface area contributed by atoms with Gasteiger partial charge in [-0.1, -0.05) is 30.3 Å². The van der Waals surface area contributed by atoms with Gasteiger partial charge < -0.3 is 45.6 Å². The van der Waals surface area contributed by atoms with Crippen LogP contribution >= 0.6 is 0 Å². The van der Waals surface area contributed by atoms with E-state index in [-0.39, 0.29) is 30.7 Å². The van der Waals surface area contributed by atoms with Gasteiger partial charge in [0, 0.05) is 82.8 Å². The number of nitrogens with two attached hydrogens (primary N) is 1. The number of imidazole rings is 1. The van der Waals surface area contributed by atoms with Gasteiger partial charge in [0.15, 0.2) is 0 Å². The highest BCUT2D eigenvalue weighted by Gasteiger charge is 2.33. The molecule has 0 bridgehead atoms. The summed E-state index contributed by atoms with van der Waals surface area (Å²) >= 11 is 0. The van der Waals surface area contributed by atoms with Crippen LogP contribution in [-0.2, 0) is 36.2 Å². The molecule has 0 spiro atoms. The number of ether oxygens (including phenoxy) is 1. The van der Waals surface area contributed by atoms with E-state index in [4.69, 9.17) is 5.73 Å². The number of nitrogens with one attached hydrogen (secondary N) is 4. The predicted octanol–water partition coefficient (Wildman–Crippen LogP) is 3.96. The quantitative estimate of drug-likeness (QED) is 0.0841. The first-order valence-electron chi connectivity index (χ1n) is 16.1. The van der Waals surface area contributed by atoms with E-state index in [1.807, 2.05) is 54.3 Å². The number of primary amides is 1. The fraction of sp³-hybridized carbons (Fsp3) is 0.189. The second-order valence-electron chi connectivity index (χ2n) is 12.2. The molecule has 7 rings (SSSR count). The van der Waals surface area contributed by atoms with Gasteiger partial charge in [-0.3, -0.25) is 9.59 Å². The van der Waals surface area contributed by atoms with Gasteiger partial charge >= 0.3 is 6.09 Å². The number of fused-ring (bicyclic) bond motifs is 3. The van der Waals surface area contributed by atoms with Crippen molar-refractivity contribution in [3.8, 4) is 5.75 Å². The molecule has 50 heavy (non-hydrogen) atoms. The minimum atomic E-state index is -0.889. The molecule has 3 aromatic carbocycles. The van der Waals surface area contributed by atoms with Crippen molar-refractivity contribution >= 4 is 45.8 Å². The first-order valence-corrected chi connectivity index (χ1v) is 16.1. The third kappa shape index (κ3) is 6.66. The molecule has 3 aromatic heterocycles. The van der Waals surface area contributed by atoms with E-state index in [0.717, 1.165) is 55.4 Å². The van der Waals surface area contributed by atoms with Gasteiger partial charge in [-0.05, 0) is 47.5 Å². The van der Waals surface area contributed by atoms with Crippen molar-refractivity contribution in [1.82, 2.24) is 35.1 Å². The zero-order valence-corrected chi connectivity index (χ0v) is 27.3. The van der Waals surface area contributed by atoms with Crippen molar-refractivity contribution in [3.63, 3.8) is 0 Å². The lowest BCUT2D eigenvalue weighted by Crippen LogP contribution is -2.27. The monoisotopic (exact) mass is 672 g/mol. The Balaban J connectivity index is 1.12.